The molecule has 0 radical (unpaired) electrons. The maximum Gasteiger partial charge on any atom is 0.364 e. The van der Waals surface area contributed by atoms with Crippen LogP contribution in [0.25, 0.3) is 0 Å². The van der Waals surface area contributed by atoms with E-state index in [1.807, 2.05) is 0 Å². The van der Waals surface area contributed by atoms with Crippen molar-refractivity contribution in [2.24, 2.45) is 0 Å². The molecule has 0 bridgehead atoms. The molecule has 6 aliphatic rings. The lowest BCUT2D eigenvalue weighted by molar-refractivity contribution is -0.404. The lowest BCUT2D eigenvalue weighted by Crippen LogP contribution is -2.69. The fourth-order valence-electron chi connectivity index (χ4n) is 7.73. The second-order valence-electron chi connectivity index (χ2n) is 15.5. The number of hydrogen-bond acceptors (Lipinski definition) is 27. The first-order chi connectivity index (χ1) is 29.2. The van der Waals surface area contributed by atoms with Gasteiger partial charge in [-0.05, 0) is 0 Å². The summed E-state index contributed by atoms with van der Waals surface area (Å²) < 4.78 is 59.8. The third kappa shape index (κ3) is 9.46. The first-order valence-corrected chi connectivity index (χ1v) is 19.2. The van der Waals surface area contributed by atoms with E-state index in [2.05, 4.69) is 0 Å². The van der Waals surface area contributed by atoms with Crippen LogP contribution < -0.4 is 0 Å². The van der Waals surface area contributed by atoms with E-state index >= 15 is 0 Å². The molecule has 0 saturated carbocycles. The molecule has 26 atom stereocenters. The van der Waals surface area contributed by atoms with Crippen LogP contribution in [0.5, 0.6) is 0 Å². The van der Waals surface area contributed by atoms with Crippen LogP contribution in [0.3, 0.4) is 0 Å². The molecule has 29 heteroatoms. The Morgan fingerprint density at radius 2 is 0.984 bits per heavy atom. The summed E-state index contributed by atoms with van der Waals surface area (Å²) in [5.74, 6) is -5.68. The highest BCUT2D eigenvalue weighted by Gasteiger charge is 2.59. The summed E-state index contributed by atoms with van der Waals surface area (Å²) in [6.45, 7) is -2.38. The van der Waals surface area contributed by atoms with E-state index in [0.29, 0.717) is 0 Å². The lowest BCUT2D eigenvalue weighted by atomic mass is 9.95. The Balaban J connectivity index is 1.18. The quantitative estimate of drug-likeness (QED) is 0.0816. The Kier molecular flexibility index (Phi) is 15.8. The molecule has 6 rings (SSSR count). The van der Waals surface area contributed by atoms with Crippen molar-refractivity contribution in [3.63, 3.8) is 0 Å². The summed E-state index contributed by atoms with van der Waals surface area (Å²) in [5.41, 5.74) is 0. The second-order valence-corrected chi connectivity index (χ2v) is 15.5. The number of aliphatic hydroxyl groups excluding tert-OH is 14. The number of aliphatic hydroxyl groups is 14. The van der Waals surface area contributed by atoms with E-state index in [9.17, 15) is 91.3 Å². The fourth-order valence-corrected chi connectivity index (χ4v) is 7.73. The molecule has 6 saturated heterocycles. The van der Waals surface area contributed by atoms with Gasteiger partial charge < -0.3 is 134 Å². The molecule has 0 spiro atoms. The Morgan fingerprint density at radius 3 is 1.58 bits per heavy atom. The topological polar surface area (TPSA) is 459 Å². The predicted octanol–water partition coefficient (Wildman–Crippen LogP) is -11.0. The van der Waals surface area contributed by atoms with Crippen molar-refractivity contribution >= 4 is 11.9 Å². The fraction of sp³-hybridized carbons (Fsp3) is 0.939. The Labute approximate surface area is 348 Å². The number of carboxylic acids is 2. The van der Waals surface area contributed by atoms with E-state index < -0.39 is 198 Å². The molecule has 16 N–H and O–H groups in total. The SMILES string of the molecule is CC1(C(=O)O)OC[C@H]2O[C@H](O[C@@H]3[C@H](O)[C@@H](O)[C@@H](O[C@@H]4[C@H](O)[C@@H](O[C@@H]5[C@@H](O[C@H]6[C@@H](O)[C@@H](CO)OC(O)[C@@H]6O)O[C@H](CO)[C@@H](O)[C@@H]5O)O[C@H](CO)[C@H]4O)O[C@@H]3C(=O)O)[C@@H](O)[C@@H](O)[C@@H]2O1. The number of rotatable bonds is 13. The summed E-state index contributed by atoms with van der Waals surface area (Å²) in [5, 5.41) is 168. The molecule has 29 nitrogen and oxygen atoms in total. The molecule has 6 aliphatic heterocycles. The number of ether oxygens (including phenoxy) is 11. The van der Waals surface area contributed by atoms with Crippen molar-refractivity contribution in [3.05, 3.63) is 0 Å². The monoisotopic (exact) mass is 912 g/mol. The highest BCUT2D eigenvalue weighted by atomic mass is 16.8. The summed E-state index contributed by atoms with van der Waals surface area (Å²) in [6.07, 6.45) is -49.7. The molecule has 62 heavy (non-hydrogen) atoms. The molecule has 0 aromatic rings. The van der Waals surface area contributed by atoms with E-state index in [1.54, 1.807) is 0 Å². The number of aliphatic carboxylic acids is 2. The van der Waals surface area contributed by atoms with Crippen molar-refractivity contribution in [2.75, 3.05) is 26.4 Å². The van der Waals surface area contributed by atoms with Crippen LogP contribution >= 0.6 is 0 Å². The van der Waals surface area contributed by atoms with E-state index in [0.717, 1.165) is 6.92 Å². The van der Waals surface area contributed by atoms with Gasteiger partial charge in [0.15, 0.2) is 37.6 Å². The third-order valence-electron chi connectivity index (χ3n) is 11.4. The van der Waals surface area contributed by atoms with Gasteiger partial charge in [-0.2, -0.15) is 0 Å². The van der Waals surface area contributed by atoms with Crippen LogP contribution in [-0.4, -0.2) is 279 Å². The normalized spacial score (nSPS) is 52.5. The number of carboxylic acid groups (broad SMARTS) is 2. The minimum atomic E-state index is -2.33. The van der Waals surface area contributed by atoms with Gasteiger partial charge >= 0.3 is 11.9 Å². The molecule has 0 aromatic carbocycles. The van der Waals surface area contributed by atoms with E-state index in [1.165, 1.54) is 0 Å². The van der Waals surface area contributed by atoms with Crippen molar-refractivity contribution in [1.29, 1.82) is 0 Å². The second kappa shape index (κ2) is 19.8. The molecule has 6 fully saturated rings. The number of fused-ring (bicyclic) bond motifs is 1. The van der Waals surface area contributed by atoms with E-state index in [4.69, 9.17) is 52.1 Å². The zero-order chi connectivity index (χ0) is 45.7. The van der Waals surface area contributed by atoms with E-state index in [-0.39, 0.29) is 0 Å². The maximum absolute atomic E-state index is 12.5. The van der Waals surface area contributed by atoms with Crippen LogP contribution in [-0.2, 0) is 61.7 Å². The van der Waals surface area contributed by atoms with Crippen LogP contribution in [0.1, 0.15) is 6.92 Å². The standard InChI is InChI=1S/C33H52O29/c1-33(32(50)51)52-5-9-20(62-33)14(41)16(43)28(56-9)59-23-15(42)17(44)29(61-25(23)26(47)48)57-22-12(39)8(4-36)54-30(19(22)46)60-24-13(40)10(37)6(2-34)55-31(24)58-21-11(38)7(3-35)53-27(49)18(21)45/h6-25,27-31,34-46,49H,2-5H2,1H3,(H,47,48)(H,50,51)/t6-,7-,8-,9-,10-,11+,12-,13+,14-,15-,16+,17-,18-,19+,20-,21+,22+,23-,24+,25+,27?,28-,29+,30-,31-,33?/m1/s1. The van der Waals surface area contributed by atoms with Gasteiger partial charge in [-0.15, -0.1) is 0 Å². The molecule has 358 valence electrons. The van der Waals surface area contributed by atoms with Crippen molar-refractivity contribution < 1.29 is 143 Å². The predicted molar refractivity (Wildman–Crippen MR) is 181 cm³/mol. The number of hydrogen-bond donors (Lipinski definition) is 16. The van der Waals surface area contributed by atoms with Gasteiger partial charge in [0.05, 0.1) is 26.4 Å². The first kappa shape index (κ1) is 49.4. The molecule has 2 unspecified atom stereocenters. The Hall–Kier alpha value is -2.06. The molecule has 6 heterocycles. The van der Waals surface area contributed by atoms with Crippen LogP contribution in [0.4, 0.5) is 0 Å². The van der Waals surface area contributed by atoms with Crippen molar-refractivity contribution in [3.8, 4) is 0 Å². The lowest BCUT2D eigenvalue weighted by Gasteiger charge is -2.50. The molecule has 0 aromatic heterocycles. The van der Waals surface area contributed by atoms with Crippen LogP contribution in [0, 0.1) is 0 Å². The molecular weight excluding hydrogens is 860 g/mol. The zero-order valence-corrected chi connectivity index (χ0v) is 32.2. The van der Waals surface area contributed by atoms with Gasteiger partial charge in [0.1, 0.15) is 116 Å². The minimum absolute atomic E-state index is 0.529. The minimum Gasteiger partial charge on any atom is -0.479 e. The molecule has 0 aliphatic carbocycles. The smallest absolute Gasteiger partial charge is 0.364 e. The van der Waals surface area contributed by atoms with Gasteiger partial charge in [0.25, 0.3) is 5.79 Å². The molecule has 0 amide bonds. The van der Waals surface area contributed by atoms with Crippen LogP contribution in [0.15, 0.2) is 0 Å². The largest absolute Gasteiger partial charge is 0.479 e. The Bertz CT molecular complexity index is 1510. The van der Waals surface area contributed by atoms with Crippen LogP contribution in [0.2, 0.25) is 0 Å². The first-order valence-electron chi connectivity index (χ1n) is 19.2. The average Bonchev–Trinajstić information content (AvgIpc) is 3.23. The highest BCUT2D eigenvalue weighted by molar-refractivity contribution is 5.75. The molecular formula is C33H52O29. The summed E-state index contributed by atoms with van der Waals surface area (Å²) in [6, 6.07) is 0. The summed E-state index contributed by atoms with van der Waals surface area (Å²) >= 11 is 0. The zero-order valence-electron chi connectivity index (χ0n) is 32.2. The van der Waals surface area contributed by atoms with Gasteiger partial charge in [0.2, 0.25) is 0 Å². The summed E-state index contributed by atoms with van der Waals surface area (Å²) in [7, 11) is 0. The van der Waals surface area contributed by atoms with Crippen molar-refractivity contribution in [2.45, 2.75) is 166 Å². The van der Waals surface area contributed by atoms with Gasteiger partial charge in [-0.1, -0.05) is 0 Å². The highest BCUT2D eigenvalue weighted by Crippen LogP contribution is 2.38. The third-order valence-corrected chi connectivity index (χ3v) is 11.4. The number of carbonyl (C=O) groups is 2. The van der Waals surface area contributed by atoms with Gasteiger partial charge in [-0.25, -0.2) is 9.59 Å². The van der Waals surface area contributed by atoms with Gasteiger partial charge in [0, 0.05) is 6.92 Å². The maximum atomic E-state index is 12.5. The summed E-state index contributed by atoms with van der Waals surface area (Å²) in [4.78, 5) is 24.1. The average molecular weight is 913 g/mol. The Morgan fingerprint density at radius 1 is 0.516 bits per heavy atom. The van der Waals surface area contributed by atoms with Gasteiger partial charge in [-0.3, -0.25) is 0 Å². The van der Waals surface area contributed by atoms with Crippen molar-refractivity contribution in [1.82, 2.24) is 0 Å².